The maximum absolute atomic E-state index is 13.7. The van der Waals surface area contributed by atoms with Crippen LogP contribution in [-0.2, 0) is 22.2 Å². The summed E-state index contributed by atoms with van der Waals surface area (Å²) >= 11 is 11.9. The molecule has 0 bridgehead atoms. The van der Waals surface area contributed by atoms with Crippen molar-refractivity contribution >= 4 is 52.2 Å². The van der Waals surface area contributed by atoms with Crippen LogP contribution in [0.2, 0.25) is 10.0 Å². The Hall–Kier alpha value is -3.17. The van der Waals surface area contributed by atoms with Crippen molar-refractivity contribution in [2.24, 2.45) is 0 Å². The third-order valence-corrected chi connectivity index (χ3v) is 5.22. The van der Waals surface area contributed by atoms with Crippen LogP contribution in [0.5, 0.6) is 0 Å². The van der Waals surface area contributed by atoms with E-state index in [9.17, 15) is 27.2 Å². The van der Waals surface area contributed by atoms with Crippen molar-refractivity contribution in [1.82, 2.24) is 4.98 Å². The summed E-state index contributed by atoms with van der Waals surface area (Å²) in [5.74, 6) is -1.74. The number of halogens is 6. The van der Waals surface area contributed by atoms with E-state index in [2.05, 4.69) is 10.3 Å². The molecule has 2 aromatic carbocycles. The molecule has 0 radical (unpaired) electrons. The number of hydrogen-bond acceptors (Lipinski definition) is 3. The lowest BCUT2D eigenvalue weighted by atomic mass is 10.1. The molecule has 1 N–H and O–H groups in total. The van der Waals surface area contributed by atoms with Crippen molar-refractivity contribution in [3.63, 3.8) is 0 Å². The lowest BCUT2D eigenvalue weighted by Crippen LogP contribution is -2.24. The Morgan fingerprint density at radius 2 is 1.82 bits per heavy atom. The number of benzene rings is 2. The summed E-state index contributed by atoms with van der Waals surface area (Å²) in [6.07, 6.45) is -3.78. The minimum atomic E-state index is -4.65. The van der Waals surface area contributed by atoms with Gasteiger partial charge in [-0.3, -0.25) is 14.5 Å². The Morgan fingerprint density at radius 3 is 2.48 bits per heavy atom. The largest absolute Gasteiger partial charge is 0.417 e. The maximum Gasteiger partial charge on any atom is 0.417 e. The second kappa shape index (κ2) is 9.76. The van der Waals surface area contributed by atoms with E-state index in [1.54, 1.807) is 0 Å². The Morgan fingerprint density at radius 1 is 1.09 bits per heavy atom. The summed E-state index contributed by atoms with van der Waals surface area (Å²) in [5.41, 5.74) is -0.789. The Labute approximate surface area is 195 Å². The van der Waals surface area contributed by atoms with Crippen molar-refractivity contribution in [2.45, 2.75) is 19.5 Å². The van der Waals surface area contributed by atoms with Crippen molar-refractivity contribution in [2.75, 3.05) is 10.2 Å². The lowest BCUT2D eigenvalue weighted by molar-refractivity contribution is -0.137. The van der Waals surface area contributed by atoms with Crippen molar-refractivity contribution in [1.29, 1.82) is 0 Å². The molecule has 0 aliphatic rings. The number of nitrogens with one attached hydrogen (secondary N) is 1. The predicted octanol–water partition coefficient (Wildman–Crippen LogP) is 6.41. The van der Waals surface area contributed by atoms with Crippen LogP contribution in [-0.4, -0.2) is 16.8 Å². The van der Waals surface area contributed by atoms with Gasteiger partial charge in [-0.25, -0.2) is 9.37 Å². The fraction of sp³-hybridized carbons (Fsp3) is 0.136. The lowest BCUT2D eigenvalue weighted by Gasteiger charge is -2.22. The third kappa shape index (κ3) is 5.80. The van der Waals surface area contributed by atoms with Gasteiger partial charge in [-0.15, -0.1) is 0 Å². The highest BCUT2D eigenvalue weighted by Gasteiger charge is 2.34. The summed E-state index contributed by atoms with van der Waals surface area (Å²) in [5, 5.41) is 2.07. The molecule has 0 atom stereocenters. The van der Waals surface area contributed by atoms with Gasteiger partial charge in [-0.05, 0) is 35.9 Å². The smallest absolute Gasteiger partial charge is 0.326 e. The van der Waals surface area contributed by atoms with Gasteiger partial charge < -0.3 is 5.32 Å². The molecular formula is C22H15Cl2F4N3O2. The average Bonchev–Trinajstić information content (AvgIpc) is 2.71. The molecule has 172 valence electrons. The summed E-state index contributed by atoms with van der Waals surface area (Å²) in [6, 6.07) is 9.54. The predicted molar refractivity (Wildman–Crippen MR) is 117 cm³/mol. The quantitative estimate of drug-likeness (QED) is 0.412. The number of amides is 2. The summed E-state index contributed by atoms with van der Waals surface area (Å²) < 4.78 is 52.8. The highest BCUT2D eigenvalue weighted by molar-refractivity contribution is 6.34. The number of anilines is 3. The number of alkyl halides is 3. The van der Waals surface area contributed by atoms with E-state index in [1.807, 2.05) is 0 Å². The zero-order valence-electron chi connectivity index (χ0n) is 16.9. The number of aromatic nitrogens is 1. The molecule has 3 aromatic rings. The average molecular weight is 500 g/mol. The molecule has 0 fully saturated rings. The number of pyridine rings is 1. The van der Waals surface area contributed by atoms with Crippen molar-refractivity contribution in [3.05, 3.63) is 81.7 Å². The second-order valence-electron chi connectivity index (χ2n) is 6.85. The van der Waals surface area contributed by atoms with Gasteiger partial charge in [0.25, 0.3) is 0 Å². The van der Waals surface area contributed by atoms with Gasteiger partial charge in [0, 0.05) is 24.9 Å². The molecule has 11 heteroatoms. The second-order valence-corrected chi connectivity index (χ2v) is 7.64. The molecule has 0 spiro atoms. The number of rotatable bonds is 5. The minimum absolute atomic E-state index is 0.00447. The van der Waals surface area contributed by atoms with E-state index in [4.69, 9.17) is 23.2 Å². The summed E-state index contributed by atoms with van der Waals surface area (Å²) in [4.78, 5) is 29.8. The van der Waals surface area contributed by atoms with E-state index in [1.165, 1.54) is 37.4 Å². The van der Waals surface area contributed by atoms with Crippen LogP contribution in [0.15, 0.2) is 54.7 Å². The highest BCUT2D eigenvalue weighted by atomic mass is 35.5. The molecule has 1 heterocycles. The molecule has 1 aromatic heterocycles. The summed E-state index contributed by atoms with van der Waals surface area (Å²) in [6.45, 7) is 1.23. The van der Waals surface area contributed by atoms with Gasteiger partial charge in [-0.2, -0.15) is 13.2 Å². The van der Waals surface area contributed by atoms with Crippen LogP contribution in [0.4, 0.5) is 34.8 Å². The number of carbonyl (C=O) groups excluding carboxylic acids is 2. The van der Waals surface area contributed by atoms with Gasteiger partial charge in [0.15, 0.2) is 0 Å². The molecule has 2 amide bonds. The first-order valence-corrected chi connectivity index (χ1v) is 10.1. The summed E-state index contributed by atoms with van der Waals surface area (Å²) in [7, 11) is 0. The van der Waals surface area contributed by atoms with Crippen LogP contribution in [0.25, 0.3) is 0 Å². The molecule has 0 aliphatic carbocycles. The van der Waals surface area contributed by atoms with Gasteiger partial charge in [0.1, 0.15) is 11.6 Å². The first-order valence-electron chi connectivity index (χ1n) is 9.33. The molecule has 5 nitrogen and oxygen atoms in total. The van der Waals surface area contributed by atoms with E-state index in [0.29, 0.717) is 0 Å². The van der Waals surface area contributed by atoms with E-state index in [0.717, 1.165) is 29.2 Å². The standard InChI is InChI=1S/C22H15Cl2F4N3O2/c1-12(32)31(18-10-14(25)5-6-17(18)23)19-11-15(7-8-29-19)30-20(33)9-13-3-2-4-16(21(13)24)22(26,27)28/h2-8,10-11H,9H2,1H3,(H,29,30,33). The molecule has 0 saturated heterocycles. The van der Waals surface area contributed by atoms with E-state index in [-0.39, 0.29) is 27.8 Å². The van der Waals surface area contributed by atoms with Crippen molar-refractivity contribution < 1.29 is 27.2 Å². The van der Waals surface area contributed by atoms with Gasteiger partial charge in [0.2, 0.25) is 11.8 Å². The minimum Gasteiger partial charge on any atom is -0.326 e. The van der Waals surface area contributed by atoms with Crippen LogP contribution >= 0.6 is 23.2 Å². The fourth-order valence-electron chi connectivity index (χ4n) is 3.04. The third-order valence-electron chi connectivity index (χ3n) is 4.46. The molecule has 0 unspecified atom stereocenters. The number of carbonyl (C=O) groups is 2. The molecule has 0 saturated carbocycles. The normalized spacial score (nSPS) is 11.2. The van der Waals surface area contributed by atoms with Gasteiger partial charge in [-0.1, -0.05) is 35.3 Å². The maximum atomic E-state index is 13.7. The Kier molecular flexibility index (Phi) is 7.24. The fourth-order valence-corrected chi connectivity index (χ4v) is 3.55. The van der Waals surface area contributed by atoms with Crippen LogP contribution < -0.4 is 10.2 Å². The molecule has 0 aliphatic heterocycles. The SMILES string of the molecule is CC(=O)N(c1cc(NC(=O)Cc2cccc(C(F)(F)F)c2Cl)ccn1)c1cc(F)ccc1Cl. The zero-order valence-corrected chi connectivity index (χ0v) is 18.4. The number of hydrogen-bond donors (Lipinski definition) is 1. The van der Waals surface area contributed by atoms with E-state index >= 15 is 0 Å². The molecular weight excluding hydrogens is 485 g/mol. The van der Waals surface area contributed by atoms with Crippen LogP contribution in [0.3, 0.4) is 0 Å². The zero-order chi connectivity index (χ0) is 24.3. The number of nitrogens with zero attached hydrogens (tertiary/aromatic N) is 2. The van der Waals surface area contributed by atoms with Crippen molar-refractivity contribution in [3.8, 4) is 0 Å². The Bertz CT molecular complexity index is 1220. The molecule has 3 rings (SSSR count). The monoisotopic (exact) mass is 499 g/mol. The van der Waals surface area contributed by atoms with Crippen LogP contribution in [0.1, 0.15) is 18.1 Å². The van der Waals surface area contributed by atoms with Crippen LogP contribution in [0, 0.1) is 5.82 Å². The first kappa shape index (κ1) is 24.5. The highest BCUT2D eigenvalue weighted by Crippen LogP contribution is 2.36. The van der Waals surface area contributed by atoms with E-state index < -0.39 is 40.8 Å². The first-order chi connectivity index (χ1) is 15.5. The van der Waals surface area contributed by atoms with Gasteiger partial charge >= 0.3 is 6.18 Å². The topological polar surface area (TPSA) is 62.3 Å². The Balaban J connectivity index is 1.85. The van der Waals surface area contributed by atoms with Gasteiger partial charge in [0.05, 0.1) is 27.7 Å². The molecule has 33 heavy (non-hydrogen) atoms.